The summed E-state index contributed by atoms with van der Waals surface area (Å²) in [5.74, 6) is 0.203. The van der Waals surface area contributed by atoms with E-state index >= 15 is 0 Å². The number of aromatic nitrogens is 1. The van der Waals surface area contributed by atoms with E-state index in [-0.39, 0.29) is 5.82 Å². The molecule has 132 valence electrons. The summed E-state index contributed by atoms with van der Waals surface area (Å²) in [4.78, 5) is 4.71. The summed E-state index contributed by atoms with van der Waals surface area (Å²) in [5, 5.41) is 4.55. The van der Waals surface area contributed by atoms with Gasteiger partial charge in [0.1, 0.15) is 5.82 Å². The average molecular weight is 395 g/mol. The van der Waals surface area contributed by atoms with E-state index < -0.39 is 8.07 Å². The fraction of sp³-hybridized carbons (Fsp3) is 0. The van der Waals surface area contributed by atoms with Crippen LogP contribution in [0.5, 0.6) is 5.75 Å². The molecule has 1 aliphatic rings. The Morgan fingerprint density at radius 2 is 1.43 bits per heavy atom. The van der Waals surface area contributed by atoms with Crippen LogP contribution in [0.1, 0.15) is 0 Å². The number of hydrogen-bond acceptors (Lipinski definition) is 2. The molecule has 5 rings (SSSR count). The first-order chi connectivity index (χ1) is 13.8. The number of fused-ring (bicyclic) bond motifs is 3. The summed E-state index contributed by atoms with van der Waals surface area (Å²) in [7, 11) is -2.70. The Hall–Kier alpha value is -2.71. The number of benzene rings is 3. The first-order valence-electron chi connectivity index (χ1n) is 9.04. The van der Waals surface area contributed by atoms with Gasteiger partial charge in [0.15, 0.2) is 8.07 Å². The molecule has 0 amide bonds. The highest BCUT2D eigenvalue weighted by molar-refractivity contribution is 7.22. The Kier molecular flexibility index (Phi) is 4.17. The number of nitrogens with zero attached hydrogens (tertiary/aromatic N) is 1. The molecular weight excluding hydrogens is 380 g/mol. The lowest BCUT2D eigenvalue weighted by molar-refractivity contribution is 0.589. The van der Waals surface area contributed by atoms with Gasteiger partial charge in [-0.25, -0.2) is 4.39 Å². The quantitative estimate of drug-likeness (QED) is 0.436. The normalized spacial score (nSPS) is 13.6. The summed E-state index contributed by atoms with van der Waals surface area (Å²) in [6.45, 7) is 0. The van der Waals surface area contributed by atoms with Gasteiger partial charge in [0.25, 0.3) is 0 Å². The molecule has 0 saturated heterocycles. The first kappa shape index (κ1) is 17.4. The zero-order chi connectivity index (χ0) is 19.1. The molecule has 0 N–H and O–H groups in total. The van der Waals surface area contributed by atoms with Gasteiger partial charge in [-0.15, -0.1) is 0 Å². The van der Waals surface area contributed by atoms with Gasteiger partial charge >= 0.3 is 16.6 Å². The van der Waals surface area contributed by atoms with Crippen molar-refractivity contribution in [3.8, 4) is 17.0 Å². The van der Waals surface area contributed by atoms with Gasteiger partial charge in [0.05, 0.1) is 11.4 Å². The van der Waals surface area contributed by atoms with Gasteiger partial charge in [-0.2, -0.15) is 0 Å². The molecule has 1 aliphatic heterocycles. The fourth-order valence-electron chi connectivity index (χ4n) is 4.43. The highest BCUT2D eigenvalue weighted by atomic mass is 28.3. The van der Waals surface area contributed by atoms with Crippen LogP contribution in [0.15, 0.2) is 91.1 Å². The van der Waals surface area contributed by atoms with Gasteiger partial charge < -0.3 is 3.79 Å². The van der Waals surface area contributed by atoms with E-state index in [0.29, 0.717) is 5.75 Å². The molecule has 0 unspecified atom stereocenters. The lowest BCUT2D eigenvalue weighted by Crippen LogP contribution is -2.72. The monoisotopic (exact) mass is 395 g/mol. The van der Waals surface area contributed by atoms with Crippen molar-refractivity contribution in [3.05, 3.63) is 96.9 Å². The first-order valence-corrected chi connectivity index (χ1v) is 11.5. The summed E-state index contributed by atoms with van der Waals surface area (Å²) in [6.07, 6.45) is 1.79. The van der Waals surface area contributed by atoms with Crippen molar-refractivity contribution < 1.29 is 8.18 Å². The molecule has 4 aromatic rings. The van der Waals surface area contributed by atoms with Gasteiger partial charge in [0.2, 0.25) is 0 Å². The van der Waals surface area contributed by atoms with Gasteiger partial charge in [0, 0.05) is 17.8 Å². The lowest BCUT2D eigenvalue weighted by atomic mass is 10.1. The number of hydrogen-bond donors (Lipinski definition) is 0. The topological polar surface area (TPSA) is 22.1 Å². The average Bonchev–Trinajstić information content (AvgIpc) is 3.05. The number of rotatable bonds is 3. The fourth-order valence-corrected chi connectivity index (χ4v) is 9.73. The Morgan fingerprint density at radius 3 is 2.04 bits per heavy atom. The second kappa shape index (κ2) is 6.72. The largest absolute Gasteiger partial charge is 0.653 e. The van der Waals surface area contributed by atoms with Crippen molar-refractivity contribution in [2.24, 2.45) is 0 Å². The third kappa shape index (κ3) is 2.34. The Balaban J connectivity index is 2.01. The summed E-state index contributed by atoms with van der Waals surface area (Å²) >= 11 is 2.25. The zero-order valence-corrected chi connectivity index (χ0v) is 17.1. The molecule has 1 aromatic heterocycles. The Bertz CT molecular complexity index is 1130. The van der Waals surface area contributed by atoms with E-state index in [0.717, 1.165) is 21.6 Å². The van der Waals surface area contributed by atoms with Crippen molar-refractivity contribution in [2.45, 2.75) is 0 Å². The van der Waals surface area contributed by atoms with E-state index in [1.54, 1.807) is 12.3 Å². The van der Waals surface area contributed by atoms with Crippen molar-refractivity contribution >= 4 is 45.4 Å². The minimum atomic E-state index is -2.70. The summed E-state index contributed by atoms with van der Waals surface area (Å²) < 4.78 is 20.2. The Labute approximate surface area is 172 Å². The minimum Gasteiger partial charge on any atom is -0.653 e. The third-order valence-corrected chi connectivity index (χ3v) is 10.5. The maximum absolute atomic E-state index is 14.7. The molecular formula is C23H15AlFNOSi. The van der Waals surface area contributed by atoms with E-state index in [9.17, 15) is 4.39 Å². The van der Waals surface area contributed by atoms with Crippen molar-refractivity contribution in [1.29, 1.82) is 0 Å². The van der Waals surface area contributed by atoms with E-state index in [2.05, 4.69) is 47.0 Å². The number of halogens is 1. The van der Waals surface area contributed by atoms with E-state index in [4.69, 9.17) is 8.77 Å². The van der Waals surface area contributed by atoms with E-state index in [1.807, 2.05) is 42.5 Å². The van der Waals surface area contributed by atoms with Gasteiger partial charge in [-0.3, -0.25) is 4.98 Å². The van der Waals surface area contributed by atoms with Crippen LogP contribution in [0.25, 0.3) is 11.3 Å². The predicted octanol–water partition coefficient (Wildman–Crippen LogP) is 2.04. The standard InChI is InChI=1S/C23H16FNOSi.Al/c24-16-14-19(26)22-21(15-16)27(17-8-3-1-4-9-17,18-10-5-2-6-11-18)20-12-7-13-25-23(20)22;/h1-15,26H;/q;+1/p-1. The molecule has 28 heavy (non-hydrogen) atoms. The summed E-state index contributed by atoms with van der Waals surface area (Å²) in [6, 6.07) is 28.0. The second-order valence-corrected chi connectivity index (χ2v) is 10.8. The molecule has 0 saturated carbocycles. The SMILES string of the molecule is Fc1cc([O][Al])c2c(c1)[Si](c1ccccc1)(c1ccccc1)c1cccnc1-2. The van der Waals surface area contributed by atoms with Crippen LogP contribution in [0.4, 0.5) is 4.39 Å². The van der Waals surface area contributed by atoms with E-state index in [1.165, 1.54) is 16.4 Å². The van der Waals surface area contributed by atoms with Gasteiger partial charge in [-0.05, 0) is 32.9 Å². The maximum atomic E-state index is 14.7. The second-order valence-electron chi connectivity index (χ2n) is 6.83. The maximum Gasteiger partial charge on any atom is 0.482 e. The van der Waals surface area contributed by atoms with Crippen LogP contribution in [0.2, 0.25) is 0 Å². The minimum absolute atomic E-state index is 0.298. The van der Waals surface area contributed by atoms with Crippen molar-refractivity contribution in [2.75, 3.05) is 0 Å². The number of pyridine rings is 1. The van der Waals surface area contributed by atoms with Crippen molar-refractivity contribution in [3.63, 3.8) is 0 Å². The third-order valence-electron chi connectivity index (χ3n) is 5.46. The molecule has 0 spiro atoms. The molecule has 2 heterocycles. The molecule has 5 heteroatoms. The van der Waals surface area contributed by atoms with Crippen molar-refractivity contribution in [1.82, 2.24) is 4.98 Å². The smallest absolute Gasteiger partial charge is 0.482 e. The molecule has 2 radical (unpaired) electrons. The van der Waals surface area contributed by atoms with Crippen LogP contribution in [0.3, 0.4) is 0 Å². The molecule has 0 aliphatic carbocycles. The molecule has 0 bridgehead atoms. The van der Waals surface area contributed by atoms with Crippen LogP contribution < -0.4 is 24.5 Å². The molecule has 0 atom stereocenters. The molecule has 3 aromatic carbocycles. The zero-order valence-electron chi connectivity index (χ0n) is 15.0. The van der Waals surface area contributed by atoms with Gasteiger partial charge in [-0.1, -0.05) is 66.7 Å². The van der Waals surface area contributed by atoms with Crippen LogP contribution in [-0.2, 0) is 0 Å². The predicted molar refractivity (Wildman–Crippen MR) is 113 cm³/mol. The highest BCUT2D eigenvalue weighted by Crippen LogP contribution is 2.34. The Morgan fingerprint density at radius 1 is 0.786 bits per heavy atom. The molecule has 2 nitrogen and oxygen atoms in total. The highest BCUT2D eigenvalue weighted by Gasteiger charge is 2.50. The summed E-state index contributed by atoms with van der Waals surface area (Å²) in [5.41, 5.74) is 1.78. The molecule has 0 fully saturated rings. The van der Waals surface area contributed by atoms with Crippen LogP contribution in [0, 0.1) is 5.82 Å². The van der Waals surface area contributed by atoms with Crippen LogP contribution >= 0.6 is 0 Å². The van der Waals surface area contributed by atoms with Crippen LogP contribution in [-0.4, -0.2) is 29.7 Å². The lowest BCUT2D eigenvalue weighted by Gasteiger charge is -2.31.